The Morgan fingerprint density at radius 2 is 2.16 bits per heavy atom. The minimum Gasteiger partial charge on any atom is -0.484 e. The second-order valence-electron chi connectivity index (χ2n) is 5.03. The van der Waals surface area contributed by atoms with Crippen molar-refractivity contribution in [1.29, 1.82) is 0 Å². The fourth-order valence-electron chi connectivity index (χ4n) is 2.35. The van der Waals surface area contributed by atoms with Gasteiger partial charge in [-0.2, -0.15) is 0 Å². The molecule has 1 amide bonds. The topological polar surface area (TPSA) is 55.6 Å². The normalized spacial score (nSPS) is 13.2. The Bertz CT molecular complexity index is 446. The Hall–Kier alpha value is -1.55. The van der Waals surface area contributed by atoms with E-state index in [9.17, 15) is 4.79 Å². The zero-order valence-corrected chi connectivity index (χ0v) is 11.5. The van der Waals surface area contributed by atoms with Gasteiger partial charge in [0.05, 0.1) is 0 Å². The Morgan fingerprint density at radius 3 is 2.95 bits per heavy atom. The number of rotatable bonds is 6. The van der Waals surface area contributed by atoms with Gasteiger partial charge in [-0.25, -0.2) is 0 Å². The van der Waals surface area contributed by atoms with Gasteiger partial charge in [0.15, 0.2) is 6.61 Å². The third kappa shape index (κ3) is 3.70. The lowest BCUT2D eigenvalue weighted by Crippen LogP contribution is -2.33. The number of benzene rings is 1. The fourth-order valence-corrected chi connectivity index (χ4v) is 2.35. The van der Waals surface area contributed by atoms with E-state index in [2.05, 4.69) is 12.1 Å². The maximum Gasteiger partial charge on any atom is 0.260 e. The number of nitrogens with zero attached hydrogens (tertiary/aromatic N) is 1. The third-order valence-corrected chi connectivity index (χ3v) is 3.56. The van der Waals surface area contributed by atoms with E-state index >= 15 is 0 Å². The molecule has 19 heavy (non-hydrogen) atoms. The number of ether oxygens (including phenoxy) is 1. The first kappa shape index (κ1) is 13.9. The van der Waals surface area contributed by atoms with Crippen molar-refractivity contribution in [3.05, 3.63) is 29.3 Å². The van der Waals surface area contributed by atoms with Crippen LogP contribution in [0.25, 0.3) is 0 Å². The summed E-state index contributed by atoms with van der Waals surface area (Å²) >= 11 is 0. The minimum absolute atomic E-state index is 0.00560. The number of hydrogen-bond acceptors (Lipinski definition) is 3. The van der Waals surface area contributed by atoms with Crippen LogP contribution in [0, 0.1) is 0 Å². The van der Waals surface area contributed by atoms with Gasteiger partial charge < -0.3 is 15.4 Å². The highest BCUT2D eigenvalue weighted by Gasteiger charge is 2.13. The lowest BCUT2D eigenvalue weighted by Gasteiger charge is -2.17. The van der Waals surface area contributed by atoms with E-state index in [1.54, 1.807) is 11.9 Å². The van der Waals surface area contributed by atoms with E-state index in [0.717, 1.165) is 25.0 Å². The van der Waals surface area contributed by atoms with Crippen LogP contribution >= 0.6 is 0 Å². The van der Waals surface area contributed by atoms with Gasteiger partial charge in [0.25, 0.3) is 5.91 Å². The smallest absolute Gasteiger partial charge is 0.260 e. The molecule has 0 atom stereocenters. The van der Waals surface area contributed by atoms with Gasteiger partial charge in [-0.3, -0.25) is 4.79 Å². The predicted octanol–water partition coefficient (Wildman–Crippen LogP) is 1.36. The highest BCUT2D eigenvalue weighted by atomic mass is 16.5. The first-order valence-electron chi connectivity index (χ1n) is 6.89. The minimum atomic E-state index is -0.00560. The van der Waals surface area contributed by atoms with Crippen molar-refractivity contribution in [3.63, 3.8) is 0 Å². The van der Waals surface area contributed by atoms with E-state index in [1.165, 1.54) is 17.5 Å². The molecule has 0 aliphatic heterocycles. The molecule has 0 spiro atoms. The highest BCUT2D eigenvalue weighted by Crippen LogP contribution is 2.25. The molecule has 0 aromatic heterocycles. The Morgan fingerprint density at radius 1 is 1.37 bits per heavy atom. The third-order valence-electron chi connectivity index (χ3n) is 3.56. The van der Waals surface area contributed by atoms with Crippen LogP contribution in [0.3, 0.4) is 0 Å². The molecule has 2 rings (SSSR count). The van der Waals surface area contributed by atoms with Crippen molar-refractivity contribution in [1.82, 2.24) is 4.90 Å². The summed E-state index contributed by atoms with van der Waals surface area (Å²) in [6, 6.07) is 6.13. The molecule has 0 bridgehead atoms. The van der Waals surface area contributed by atoms with Crippen molar-refractivity contribution >= 4 is 5.91 Å². The molecule has 1 aliphatic rings. The summed E-state index contributed by atoms with van der Waals surface area (Å²) < 4.78 is 5.57. The number of nitrogens with two attached hydrogens (primary N) is 1. The summed E-state index contributed by atoms with van der Waals surface area (Å²) in [5.41, 5.74) is 8.20. The number of carbonyl (C=O) groups excluding carboxylic acids is 1. The van der Waals surface area contributed by atoms with Crippen molar-refractivity contribution in [2.75, 3.05) is 26.7 Å². The van der Waals surface area contributed by atoms with Gasteiger partial charge >= 0.3 is 0 Å². The summed E-state index contributed by atoms with van der Waals surface area (Å²) in [6.07, 6.45) is 4.33. The van der Waals surface area contributed by atoms with E-state index in [0.29, 0.717) is 13.1 Å². The Kier molecular flexibility index (Phi) is 4.80. The molecule has 0 radical (unpaired) electrons. The van der Waals surface area contributed by atoms with Crippen LogP contribution < -0.4 is 10.5 Å². The molecule has 0 saturated heterocycles. The lowest BCUT2D eigenvalue weighted by molar-refractivity contribution is -0.132. The van der Waals surface area contributed by atoms with Crippen molar-refractivity contribution in [2.45, 2.75) is 25.7 Å². The van der Waals surface area contributed by atoms with Crippen molar-refractivity contribution in [3.8, 4) is 5.75 Å². The number of aryl methyl sites for hydroxylation is 2. The SMILES string of the molecule is CN(CCCN)C(=O)COc1ccc2c(c1)CCC2. The van der Waals surface area contributed by atoms with Crippen LogP contribution in [0.15, 0.2) is 18.2 Å². The van der Waals surface area contributed by atoms with Crippen LogP contribution in [0.2, 0.25) is 0 Å². The van der Waals surface area contributed by atoms with E-state index in [1.807, 2.05) is 6.07 Å². The van der Waals surface area contributed by atoms with Crippen molar-refractivity contribution < 1.29 is 9.53 Å². The molecule has 1 aromatic carbocycles. The quantitative estimate of drug-likeness (QED) is 0.842. The van der Waals surface area contributed by atoms with E-state index < -0.39 is 0 Å². The number of amides is 1. The van der Waals surface area contributed by atoms with Crippen LogP contribution in [0.4, 0.5) is 0 Å². The summed E-state index contributed by atoms with van der Waals surface area (Å²) in [6.45, 7) is 1.38. The molecule has 2 N–H and O–H groups in total. The van der Waals surface area contributed by atoms with Gasteiger partial charge in [0.1, 0.15) is 5.75 Å². The molecular formula is C15H22N2O2. The predicted molar refractivity (Wildman–Crippen MR) is 75.3 cm³/mol. The summed E-state index contributed by atoms with van der Waals surface area (Å²) in [4.78, 5) is 13.5. The van der Waals surface area contributed by atoms with Gasteiger partial charge in [-0.15, -0.1) is 0 Å². The molecule has 1 aromatic rings. The molecule has 4 heteroatoms. The summed E-state index contributed by atoms with van der Waals surface area (Å²) in [5, 5.41) is 0. The zero-order valence-electron chi connectivity index (χ0n) is 11.5. The Labute approximate surface area is 114 Å². The second-order valence-corrected chi connectivity index (χ2v) is 5.03. The molecule has 1 aliphatic carbocycles. The average molecular weight is 262 g/mol. The number of fused-ring (bicyclic) bond motifs is 1. The van der Waals surface area contributed by atoms with Gasteiger partial charge in [-0.05, 0) is 55.5 Å². The maximum absolute atomic E-state index is 11.8. The van der Waals surface area contributed by atoms with Gasteiger partial charge in [0.2, 0.25) is 0 Å². The van der Waals surface area contributed by atoms with E-state index in [4.69, 9.17) is 10.5 Å². The maximum atomic E-state index is 11.8. The monoisotopic (exact) mass is 262 g/mol. The molecule has 104 valence electrons. The summed E-state index contributed by atoms with van der Waals surface area (Å²) in [7, 11) is 1.78. The highest BCUT2D eigenvalue weighted by molar-refractivity contribution is 5.77. The molecule has 0 heterocycles. The average Bonchev–Trinajstić information content (AvgIpc) is 2.89. The molecular weight excluding hydrogens is 240 g/mol. The van der Waals surface area contributed by atoms with Crippen LogP contribution in [0.1, 0.15) is 24.0 Å². The zero-order chi connectivity index (χ0) is 13.7. The lowest BCUT2D eigenvalue weighted by atomic mass is 10.1. The van der Waals surface area contributed by atoms with Gasteiger partial charge in [-0.1, -0.05) is 6.07 Å². The molecule has 0 fully saturated rings. The Balaban J connectivity index is 1.83. The second kappa shape index (κ2) is 6.57. The van der Waals surface area contributed by atoms with Crippen LogP contribution in [-0.4, -0.2) is 37.6 Å². The largest absolute Gasteiger partial charge is 0.484 e. The fraction of sp³-hybridized carbons (Fsp3) is 0.533. The molecule has 0 saturated carbocycles. The van der Waals surface area contributed by atoms with Crippen LogP contribution in [0.5, 0.6) is 5.75 Å². The van der Waals surface area contributed by atoms with Gasteiger partial charge in [0, 0.05) is 13.6 Å². The first-order valence-corrected chi connectivity index (χ1v) is 6.89. The molecule has 0 unspecified atom stereocenters. The van der Waals surface area contributed by atoms with Crippen molar-refractivity contribution in [2.24, 2.45) is 5.73 Å². The standard InChI is InChI=1S/C15H22N2O2/c1-17(9-3-8-16)15(18)11-19-14-7-6-12-4-2-5-13(12)10-14/h6-7,10H,2-5,8-9,11,16H2,1H3. The number of carbonyl (C=O) groups is 1. The molecule has 4 nitrogen and oxygen atoms in total. The number of hydrogen-bond donors (Lipinski definition) is 1. The van der Waals surface area contributed by atoms with Crippen LogP contribution in [-0.2, 0) is 17.6 Å². The first-order chi connectivity index (χ1) is 9.20. The number of likely N-dealkylation sites (N-methyl/N-ethyl adjacent to an activating group) is 1. The van der Waals surface area contributed by atoms with E-state index in [-0.39, 0.29) is 12.5 Å². The summed E-state index contributed by atoms with van der Waals surface area (Å²) in [5.74, 6) is 0.787.